The van der Waals surface area contributed by atoms with Crippen LogP contribution in [-0.2, 0) is 0 Å². The van der Waals surface area contributed by atoms with Crippen molar-refractivity contribution < 1.29 is 4.79 Å². The van der Waals surface area contributed by atoms with Gasteiger partial charge in [-0.15, -0.1) is 12.4 Å². The Hall–Kier alpha value is -1.63. The lowest BCUT2D eigenvalue weighted by molar-refractivity contribution is 0.0948. The number of nitrogens with zero attached hydrogens (tertiary/aromatic N) is 3. The first-order valence-corrected chi connectivity index (χ1v) is 7.09. The lowest BCUT2D eigenvalue weighted by Crippen LogP contribution is -2.27. The molecule has 0 aromatic carbocycles. The summed E-state index contributed by atoms with van der Waals surface area (Å²) in [7, 11) is 0. The minimum absolute atomic E-state index is 0. The minimum Gasteiger partial charge on any atom is -0.351 e. The molecule has 0 atom stereocenters. The largest absolute Gasteiger partial charge is 0.351 e. The third-order valence-corrected chi connectivity index (χ3v) is 3.24. The van der Waals surface area contributed by atoms with Crippen LogP contribution in [0.2, 0.25) is 5.02 Å². The van der Waals surface area contributed by atoms with Gasteiger partial charge in [0, 0.05) is 12.2 Å². The van der Waals surface area contributed by atoms with Crippen LogP contribution in [0.5, 0.6) is 0 Å². The highest BCUT2D eigenvalue weighted by Crippen LogP contribution is 2.17. The Balaban J connectivity index is 0.00000242. The predicted molar refractivity (Wildman–Crippen MR) is 89.1 cm³/mol. The van der Waals surface area contributed by atoms with Crippen molar-refractivity contribution >= 4 is 29.9 Å². The number of hydrogen-bond acceptors (Lipinski definition) is 4. The first-order valence-electron chi connectivity index (χ1n) is 6.71. The van der Waals surface area contributed by atoms with Gasteiger partial charge in [0.05, 0.1) is 10.7 Å². The Morgan fingerprint density at radius 2 is 2.14 bits per heavy atom. The number of carbonyl (C=O) groups excluding carboxylic acids is 1. The lowest BCUT2D eigenvalue weighted by Gasteiger charge is -2.08. The van der Waals surface area contributed by atoms with Gasteiger partial charge in [0.15, 0.2) is 5.82 Å². The molecule has 3 N–H and O–H groups in total. The zero-order valence-electron chi connectivity index (χ0n) is 12.5. The molecule has 2 aromatic rings. The Morgan fingerprint density at radius 3 is 2.73 bits per heavy atom. The molecule has 0 aliphatic heterocycles. The number of aryl methyl sites for hydroxylation is 2. The third-order valence-electron chi connectivity index (χ3n) is 2.94. The second kappa shape index (κ2) is 8.12. The van der Waals surface area contributed by atoms with Crippen molar-refractivity contribution in [3.63, 3.8) is 0 Å². The van der Waals surface area contributed by atoms with Gasteiger partial charge in [0.1, 0.15) is 5.69 Å². The Kier molecular flexibility index (Phi) is 6.80. The summed E-state index contributed by atoms with van der Waals surface area (Å²) in [6.45, 7) is 4.85. The van der Waals surface area contributed by atoms with Crippen molar-refractivity contribution in [1.29, 1.82) is 0 Å². The highest BCUT2D eigenvalue weighted by molar-refractivity contribution is 6.33. The molecule has 0 aliphatic carbocycles. The number of aromatic nitrogens is 3. The molecule has 8 heteroatoms. The molecule has 6 nitrogen and oxygen atoms in total. The topological polar surface area (TPSA) is 85.8 Å². The van der Waals surface area contributed by atoms with E-state index in [-0.39, 0.29) is 24.0 Å². The highest BCUT2D eigenvalue weighted by atomic mass is 35.5. The van der Waals surface area contributed by atoms with Crippen LogP contribution in [0, 0.1) is 13.8 Å². The molecule has 1 amide bonds. The molecule has 0 bridgehead atoms. The van der Waals surface area contributed by atoms with Gasteiger partial charge in [-0.25, -0.2) is 9.67 Å². The number of halogens is 2. The van der Waals surface area contributed by atoms with Crippen molar-refractivity contribution in [3.05, 3.63) is 40.3 Å². The molecular weight excluding hydrogens is 325 g/mol. The maximum Gasteiger partial charge on any atom is 0.271 e. The molecule has 0 unspecified atom stereocenters. The maximum absolute atomic E-state index is 12.1. The first kappa shape index (κ1) is 18.4. The van der Waals surface area contributed by atoms with Gasteiger partial charge in [0.2, 0.25) is 0 Å². The van der Waals surface area contributed by atoms with Crippen LogP contribution in [0.3, 0.4) is 0 Å². The van der Waals surface area contributed by atoms with E-state index in [2.05, 4.69) is 15.4 Å². The van der Waals surface area contributed by atoms with Gasteiger partial charge in [-0.05, 0) is 45.0 Å². The fraction of sp³-hybridized carbons (Fsp3) is 0.357. The fourth-order valence-corrected chi connectivity index (χ4v) is 2.15. The number of hydrogen-bond donors (Lipinski definition) is 2. The van der Waals surface area contributed by atoms with Crippen molar-refractivity contribution in [1.82, 2.24) is 20.1 Å². The number of pyridine rings is 1. The van der Waals surface area contributed by atoms with Crippen LogP contribution in [-0.4, -0.2) is 33.8 Å². The summed E-state index contributed by atoms with van der Waals surface area (Å²) in [6, 6.07) is 5.33. The van der Waals surface area contributed by atoms with Crippen LogP contribution >= 0.6 is 24.0 Å². The summed E-state index contributed by atoms with van der Waals surface area (Å²) in [5.74, 6) is 0.255. The van der Waals surface area contributed by atoms with Gasteiger partial charge in [-0.2, -0.15) is 5.10 Å². The van der Waals surface area contributed by atoms with Crippen molar-refractivity contribution in [2.75, 3.05) is 13.1 Å². The average molecular weight is 344 g/mol. The highest BCUT2D eigenvalue weighted by Gasteiger charge is 2.14. The Labute approximate surface area is 140 Å². The summed E-state index contributed by atoms with van der Waals surface area (Å²) < 4.78 is 1.68. The number of nitrogens with one attached hydrogen (secondary N) is 1. The SMILES string of the molecule is Cc1cc(C)n(-c2ccc(Cl)c(C(=O)NCCCN)n2)n1.Cl. The predicted octanol–water partition coefficient (Wildman–Crippen LogP) is 2.04. The quantitative estimate of drug-likeness (QED) is 0.813. The van der Waals surface area contributed by atoms with E-state index in [0.29, 0.717) is 30.4 Å². The number of amides is 1. The smallest absolute Gasteiger partial charge is 0.271 e. The lowest BCUT2D eigenvalue weighted by atomic mass is 10.3. The molecule has 0 spiro atoms. The first-order chi connectivity index (χ1) is 10.0. The fourth-order valence-electron chi connectivity index (χ4n) is 1.96. The van der Waals surface area contributed by atoms with Crippen molar-refractivity contribution in [3.8, 4) is 5.82 Å². The number of rotatable bonds is 5. The van der Waals surface area contributed by atoms with Gasteiger partial charge in [-0.1, -0.05) is 11.6 Å². The molecule has 2 heterocycles. The van der Waals surface area contributed by atoms with Crippen LogP contribution in [0.1, 0.15) is 28.3 Å². The molecule has 120 valence electrons. The molecule has 0 saturated heterocycles. The van der Waals surface area contributed by atoms with Crippen LogP contribution in [0.4, 0.5) is 0 Å². The average Bonchev–Trinajstić information content (AvgIpc) is 2.78. The maximum atomic E-state index is 12.1. The van der Waals surface area contributed by atoms with E-state index in [1.165, 1.54) is 0 Å². The van der Waals surface area contributed by atoms with Gasteiger partial charge < -0.3 is 11.1 Å². The van der Waals surface area contributed by atoms with Crippen molar-refractivity contribution in [2.24, 2.45) is 5.73 Å². The normalized spacial score (nSPS) is 10.2. The number of carbonyl (C=O) groups is 1. The standard InChI is InChI=1S/C14H18ClN5O.ClH/c1-9-8-10(2)20(19-9)12-5-4-11(15)13(18-12)14(21)17-7-3-6-16;/h4-5,8H,3,6-7,16H2,1-2H3,(H,17,21);1H. The zero-order chi connectivity index (χ0) is 15.4. The van der Waals surface area contributed by atoms with E-state index in [1.807, 2.05) is 19.9 Å². The summed E-state index contributed by atoms with van der Waals surface area (Å²) in [6.07, 6.45) is 0.709. The van der Waals surface area contributed by atoms with E-state index in [1.54, 1.807) is 16.8 Å². The van der Waals surface area contributed by atoms with Gasteiger partial charge >= 0.3 is 0 Å². The zero-order valence-corrected chi connectivity index (χ0v) is 14.0. The molecular formula is C14H19Cl2N5O. The van der Waals surface area contributed by atoms with E-state index < -0.39 is 0 Å². The molecule has 0 fully saturated rings. The second-order valence-electron chi connectivity index (χ2n) is 4.74. The number of nitrogens with two attached hydrogens (primary N) is 1. The molecule has 2 aromatic heterocycles. The van der Waals surface area contributed by atoms with Crippen molar-refractivity contribution in [2.45, 2.75) is 20.3 Å². The summed E-state index contributed by atoms with van der Waals surface area (Å²) in [4.78, 5) is 16.4. The van der Waals surface area contributed by atoms with E-state index in [4.69, 9.17) is 17.3 Å². The summed E-state index contributed by atoms with van der Waals surface area (Å²) >= 11 is 6.06. The van der Waals surface area contributed by atoms with E-state index >= 15 is 0 Å². The third kappa shape index (κ3) is 4.19. The Morgan fingerprint density at radius 1 is 1.41 bits per heavy atom. The molecule has 0 radical (unpaired) electrons. The van der Waals surface area contributed by atoms with Gasteiger partial charge in [0.25, 0.3) is 5.91 Å². The Bertz CT molecular complexity index is 657. The van der Waals surface area contributed by atoms with Crippen LogP contribution < -0.4 is 11.1 Å². The van der Waals surface area contributed by atoms with E-state index in [9.17, 15) is 4.79 Å². The second-order valence-corrected chi connectivity index (χ2v) is 5.14. The monoisotopic (exact) mass is 343 g/mol. The summed E-state index contributed by atoms with van der Waals surface area (Å²) in [5, 5.41) is 7.40. The minimum atomic E-state index is -0.308. The molecule has 0 saturated carbocycles. The molecule has 2 rings (SSSR count). The molecule has 22 heavy (non-hydrogen) atoms. The van der Waals surface area contributed by atoms with Crippen LogP contribution in [0.15, 0.2) is 18.2 Å². The van der Waals surface area contributed by atoms with Crippen LogP contribution in [0.25, 0.3) is 5.82 Å². The van der Waals surface area contributed by atoms with Gasteiger partial charge in [-0.3, -0.25) is 4.79 Å². The summed E-state index contributed by atoms with van der Waals surface area (Å²) in [5.41, 5.74) is 7.42. The van der Waals surface area contributed by atoms with E-state index in [0.717, 1.165) is 11.4 Å². The molecule has 0 aliphatic rings.